The third-order valence-corrected chi connectivity index (χ3v) is 6.36. The Kier molecular flexibility index (Phi) is 3.69. The fourth-order valence-electron chi connectivity index (χ4n) is 5.00. The van der Waals surface area contributed by atoms with Gasteiger partial charge in [-0.25, -0.2) is 0 Å². The number of carbonyl (C=O) groups is 1. The van der Waals surface area contributed by atoms with Gasteiger partial charge >= 0.3 is 5.97 Å². The van der Waals surface area contributed by atoms with Crippen molar-refractivity contribution >= 4 is 16.9 Å². The Morgan fingerprint density at radius 1 is 1.31 bits per heavy atom. The number of allylic oxidation sites excluding steroid dienone is 2. The maximum Gasteiger partial charge on any atom is 0.325 e. The predicted octanol–water partition coefficient (Wildman–Crippen LogP) is 3.57. The predicted molar refractivity (Wildman–Crippen MR) is 98.0 cm³/mol. The van der Waals surface area contributed by atoms with E-state index in [4.69, 9.17) is 9.57 Å². The number of aromatic amines is 1. The van der Waals surface area contributed by atoms with Gasteiger partial charge in [0.15, 0.2) is 5.72 Å². The molecule has 2 unspecified atom stereocenters. The number of esters is 1. The van der Waals surface area contributed by atoms with Crippen LogP contribution in [0.2, 0.25) is 0 Å². The summed E-state index contributed by atoms with van der Waals surface area (Å²) in [5, 5.41) is 3.08. The minimum atomic E-state index is -0.396. The molecule has 5 rings (SSSR count). The Labute approximate surface area is 152 Å². The van der Waals surface area contributed by atoms with E-state index in [1.165, 1.54) is 7.11 Å². The molecule has 0 radical (unpaired) electrons. The lowest BCUT2D eigenvalue weighted by Gasteiger charge is -2.18. The van der Waals surface area contributed by atoms with E-state index in [0.717, 1.165) is 42.1 Å². The van der Waals surface area contributed by atoms with E-state index in [2.05, 4.69) is 29.3 Å². The normalized spacial score (nSPS) is 33.3. The van der Waals surface area contributed by atoms with Crippen molar-refractivity contribution in [2.24, 2.45) is 11.8 Å². The number of rotatable bonds is 4. The van der Waals surface area contributed by atoms with Crippen LogP contribution >= 0.6 is 0 Å². The monoisotopic (exact) mass is 352 g/mol. The van der Waals surface area contributed by atoms with Crippen LogP contribution < -0.4 is 0 Å². The summed E-state index contributed by atoms with van der Waals surface area (Å²) in [7, 11) is 1.46. The van der Waals surface area contributed by atoms with E-state index in [-0.39, 0.29) is 11.7 Å². The van der Waals surface area contributed by atoms with Gasteiger partial charge in [0.1, 0.15) is 6.04 Å². The van der Waals surface area contributed by atoms with Gasteiger partial charge in [-0.2, -0.15) is 0 Å². The molecule has 1 saturated carbocycles. The van der Waals surface area contributed by atoms with Crippen LogP contribution in [-0.2, 0) is 20.8 Å². The van der Waals surface area contributed by atoms with Crippen molar-refractivity contribution in [3.8, 4) is 0 Å². The van der Waals surface area contributed by atoms with Crippen LogP contribution in [-0.4, -0.2) is 34.9 Å². The smallest absolute Gasteiger partial charge is 0.325 e. The number of fused-ring (bicyclic) bond motifs is 2. The summed E-state index contributed by atoms with van der Waals surface area (Å²) in [4.78, 5) is 21.9. The van der Waals surface area contributed by atoms with Gasteiger partial charge in [-0.3, -0.25) is 9.63 Å². The van der Waals surface area contributed by atoms with E-state index in [1.807, 2.05) is 23.4 Å². The van der Waals surface area contributed by atoms with E-state index >= 15 is 0 Å². The standard InChI is InChI=1S/C21H24N2O3/c1-25-20(24)19(10-16-13-22-18-9-5-4-8-17(16)18)23-21(26-23)11-14-6-2-3-7-15(14)12-21/h2-5,8-9,13-15,19,22H,6-7,10-12H2,1H3/t14-,15+,19-,21?,23?/m0/s1. The fourth-order valence-corrected chi connectivity index (χ4v) is 5.00. The second-order valence-corrected chi connectivity index (χ2v) is 7.84. The largest absolute Gasteiger partial charge is 0.468 e. The summed E-state index contributed by atoms with van der Waals surface area (Å²) in [6.45, 7) is 0. The number of nitrogens with zero attached hydrogens (tertiary/aromatic N) is 1. The number of carbonyl (C=O) groups excluding carboxylic acids is 1. The zero-order valence-corrected chi connectivity index (χ0v) is 15.0. The first kappa shape index (κ1) is 16.1. The lowest BCUT2D eigenvalue weighted by molar-refractivity contribution is -0.147. The molecule has 26 heavy (non-hydrogen) atoms. The average Bonchev–Trinajstić information content (AvgIpc) is 3.03. The number of benzene rings is 1. The highest BCUT2D eigenvalue weighted by Crippen LogP contribution is 2.57. The Morgan fingerprint density at radius 3 is 2.77 bits per heavy atom. The van der Waals surface area contributed by atoms with Crippen LogP contribution in [0.25, 0.3) is 10.9 Å². The van der Waals surface area contributed by atoms with Gasteiger partial charge in [-0.1, -0.05) is 30.4 Å². The number of hydrogen-bond acceptors (Lipinski definition) is 4. The summed E-state index contributed by atoms with van der Waals surface area (Å²) in [5.74, 6) is 1.13. The van der Waals surface area contributed by atoms with Crippen LogP contribution in [0.1, 0.15) is 31.2 Å². The van der Waals surface area contributed by atoms with Crippen LogP contribution in [0, 0.1) is 11.8 Å². The summed E-state index contributed by atoms with van der Waals surface area (Å²) in [6.07, 6.45) is 11.5. The topological polar surface area (TPSA) is 57.6 Å². The first-order valence-corrected chi connectivity index (χ1v) is 9.46. The molecular weight excluding hydrogens is 328 g/mol. The first-order valence-electron chi connectivity index (χ1n) is 9.46. The molecular formula is C21H24N2O3. The van der Waals surface area contributed by atoms with Gasteiger partial charge in [0.2, 0.25) is 0 Å². The molecule has 3 aliphatic rings. The molecule has 2 heterocycles. The Balaban J connectivity index is 1.39. The first-order chi connectivity index (χ1) is 12.7. The van der Waals surface area contributed by atoms with Crippen molar-refractivity contribution < 1.29 is 14.4 Å². The van der Waals surface area contributed by atoms with Crippen molar-refractivity contribution in [2.45, 2.75) is 43.9 Å². The number of hydrogen-bond donors (Lipinski definition) is 1. The highest BCUT2D eigenvalue weighted by atomic mass is 16.9. The Hall–Kier alpha value is -2.11. The molecule has 5 nitrogen and oxygen atoms in total. The zero-order chi connectivity index (χ0) is 17.7. The number of nitrogens with one attached hydrogen (secondary N) is 1. The van der Waals surface area contributed by atoms with Gasteiger partial charge in [0.05, 0.1) is 7.11 Å². The molecule has 2 fully saturated rings. The second kappa shape index (κ2) is 5.96. The van der Waals surface area contributed by atoms with Gasteiger partial charge < -0.3 is 9.72 Å². The van der Waals surface area contributed by atoms with Gasteiger partial charge in [-0.05, 0) is 49.1 Å². The molecule has 5 atom stereocenters. The van der Waals surface area contributed by atoms with E-state index in [1.54, 1.807) is 0 Å². The van der Waals surface area contributed by atoms with Gasteiger partial charge in [0.25, 0.3) is 0 Å². The third kappa shape index (κ3) is 2.49. The molecule has 136 valence electrons. The molecule has 0 bridgehead atoms. The molecule has 1 saturated heterocycles. The van der Waals surface area contributed by atoms with Gasteiger partial charge in [0, 0.05) is 23.5 Å². The molecule has 2 aliphatic carbocycles. The quantitative estimate of drug-likeness (QED) is 0.519. The number of H-pyrrole nitrogens is 1. The molecule has 1 aromatic heterocycles. The lowest BCUT2D eigenvalue weighted by atomic mass is 9.86. The zero-order valence-electron chi connectivity index (χ0n) is 15.0. The number of hydroxylamine groups is 2. The maximum atomic E-state index is 12.5. The molecule has 1 spiro atoms. The summed E-state index contributed by atoms with van der Waals surface area (Å²) in [5.41, 5.74) is 1.95. The van der Waals surface area contributed by atoms with Crippen molar-refractivity contribution in [2.75, 3.05) is 7.11 Å². The minimum Gasteiger partial charge on any atom is -0.468 e. The number of para-hydroxylation sites is 1. The lowest BCUT2D eigenvalue weighted by Crippen LogP contribution is -2.36. The van der Waals surface area contributed by atoms with E-state index in [0.29, 0.717) is 18.3 Å². The van der Waals surface area contributed by atoms with Crippen LogP contribution in [0.3, 0.4) is 0 Å². The minimum absolute atomic E-state index is 0.222. The van der Waals surface area contributed by atoms with E-state index < -0.39 is 6.04 Å². The molecule has 1 N–H and O–H groups in total. The summed E-state index contributed by atoms with van der Waals surface area (Å²) >= 11 is 0. The third-order valence-electron chi connectivity index (χ3n) is 6.36. The number of aromatic nitrogens is 1. The van der Waals surface area contributed by atoms with Crippen molar-refractivity contribution in [3.63, 3.8) is 0 Å². The Bertz CT molecular complexity index is 855. The van der Waals surface area contributed by atoms with Crippen molar-refractivity contribution in [1.82, 2.24) is 10.0 Å². The molecule has 0 amide bonds. The van der Waals surface area contributed by atoms with Crippen molar-refractivity contribution in [3.05, 3.63) is 48.2 Å². The fraction of sp³-hybridized carbons (Fsp3) is 0.476. The van der Waals surface area contributed by atoms with Crippen LogP contribution in [0.5, 0.6) is 0 Å². The molecule has 2 aromatic rings. The SMILES string of the molecule is COC(=O)[C@H](Cc1c[nH]c2ccccc12)N1OC12C[C@H]1CC=CC[C@H]1C2. The van der Waals surface area contributed by atoms with Crippen LogP contribution in [0.4, 0.5) is 0 Å². The summed E-state index contributed by atoms with van der Waals surface area (Å²) < 4.78 is 5.11. The van der Waals surface area contributed by atoms with E-state index in [9.17, 15) is 4.79 Å². The number of methoxy groups -OCH3 is 1. The van der Waals surface area contributed by atoms with Crippen LogP contribution in [0.15, 0.2) is 42.6 Å². The Morgan fingerprint density at radius 2 is 2.04 bits per heavy atom. The highest BCUT2D eigenvalue weighted by molar-refractivity contribution is 5.84. The second-order valence-electron chi connectivity index (χ2n) is 7.84. The average molecular weight is 352 g/mol. The highest BCUT2D eigenvalue weighted by Gasteiger charge is 2.65. The van der Waals surface area contributed by atoms with Gasteiger partial charge in [-0.15, -0.1) is 5.06 Å². The summed E-state index contributed by atoms with van der Waals surface area (Å²) in [6, 6.07) is 7.78. The molecule has 1 aliphatic heterocycles. The number of ether oxygens (including phenoxy) is 1. The molecule has 1 aromatic carbocycles. The maximum absolute atomic E-state index is 12.5. The molecule has 5 heteroatoms. The van der Waals surface area contributed by atoms with Crippen molar-refractivity contribution in [1.29, 1.82) is 0 Å².